The predicted molar refractivity (Wildman–Crippen MR) is 200 cm³/mol. The highest BCUT2D eigenvalue weighted by atomic mass is 16.3. The maximum Gasteiger partial charge on any atom is 0.136 e. The van der Waals surface area contributed by atoms with E-state index in [4.69, 9.17) is 9.90 Å². The summed E-state index contributed by atoms with van der Waals surface area (Å²) in [4.78, 5) is 0. The zero-order valence-corrected chi connectivity index (χ0v) is 25.0. The molecule has 0 spiro atoms. The summed E-state index contributed by atoms with van der Waals surface area (Å²) >= 11 is 0. The van der Waals surface area contributed by atoms with E-state index in [9.17, 15) is 5.48 Å². The molecule has 1 heteroatoms. The fourth-order valence-electron chi connectivity index (χ4n) is 7.20. The molecule has 10 rings (SSSR count). The molecular weight excluding hydrogens is 569 g/mol. The Labute approximate surface area is 283 Å². The first-order valence-electron chi connectivity index (χ1n) is 19.5. The average molecular weight is 605 g/mol. The lowest BCUT2D eigenvalue weighted by molar-refractivity contribution is 0.669. The van der Waals surface area contributed by atoms with Crippen LogP contribution in [0.3, 0.4) is 0 Å². The molecule has 0 unspecified atom stereocenters. The van der Waals surface area contributed by atoms with Crippen molar-refractivity contribution in [1.29, 1.82) is 0 Å². The maximum absolute atomic E-state index is 9.25. The van der Waals surface area contributed by atoms with E-state index in [-0.39, 0.29) is 45.7 Å². The minimum absolute atomic E-state index is 0.181. The molecule has 1 nitrogen and oxygen atoms in total. The van der Waals surface area contributed by atoms with Crippen molar-refractivity contribution in [2.75, 3.05) is 0 Å². The number of fused-ring (bicyclic) bond motifs is 8. The van der Waals surface area contributed by atoms with Gasteiger partial charge < -0.3 is 4.42 Å². The van der Waals surface area contributed by atoms with Crippen LogP contribution in [-0.4, -0.2) is 0 Å². The van der Waals surface area contributed by atoms with Crippen LogP contribution in [0.5, 0.6) is 0 Å². The van der Waals surface area contributed by atoms with Crippen molar-refractivity contribution in [2.24, 2.45) is 0 Å². The van der Waals surface area contributed by atoms with Gasteiger partial charge >= 0.3 is 0 Å². The topological polar surface area (TPSA) is 13.1 Å². The molecule has 0 amide bonds. The molecule has 1 heterocycles. The summed E-state index contributed by atoms with van der Waals surface area (Å²) in [6.07, 6.45) is 0. The van der Waals surface area contributed by atoms with Crippen LogP contribution >= 0.6 is 0 Å². The molecule has 0 fully saturated rings. The van der Waals surface area contributed by atoms with E-state index in [1.807, 2.05) is 42.5 Å². The third-order valence-electron chi connectivity index (χ3n) is 9.28. The van der Waals surface area contributed by atoms with Crippen molar-refractivity contribution in [3.63, 3.8) is 0 Å². The van der Waals surface area contributed by atoms with Crippen molar-refractivity contribution >= 4 is 65.0 Å². The Morgan fingerprint density at radius 2 is 0.957 bits per heavy atom. The molecule has 9 aromatic carbocycles. The Balaban J connectivity index is 1.29. The van der Waals surface area contributed by atoms with Gasteiger partial charge in [0.2, 0.25) is 0 Å². The van der Waals surface area contributed by atoms with E-state index < -0.39 is 24.2 Å². The summed E-state index contributed by atoms with van der Waals surface area (Å²) in [6, 6.07) is 36.7. The van der Waals surface area contributed by atoms with E-state index in [0.29, 0.717) is 33.4 Å². The third kappa shape index (κ3) is 3.97. The number of hydrogen-bond donors (Lipinski definition) is 0. The fourth-order valence-corrected chi connectivity index (χ4v) is 7.20. The van der Waals surface area contributed by atoms with Crippen molar-refractivity contribution in [2.45, 2.75) is 0 Å². The number of benzene rings is 9. The monoisotopic (exact) mass is 604 g/mol. The molecule has 0 N–H and O–H groups in total. The van der Waals surface area contributed by atoms with Crippen LogP contribution in [0.25, 0.3) is 98.4 Å². The Bertz CT molecular complexity index is 3220. The first kappa shape index (κ1) is 19.4. The smallest absolute Gasteiger partial charge is 0.136 e. The van der Waals surface area contributed by atoms with Crippen LogP contribution < -0.4 is 0 Å². The van der Waals surface area contributed by atoms with Crippen LogP contribution in [0.4, 0.5) is 0 Å². The summed E-state index contributed by atoms with van der Waals surface area (Å²) in [6.45, 7) is 0. The van der Waals surface area contributed by atoms with E-state index in [2.05, 4.69) is 48.5 Å². The highest BCUT2D eigenvalue weighted by Gasteiger charge is 2.18. The van der Waals surface area contributed by atoms with Crippen LogP contribution in [-0.2, 0) is 0 Å². The average Bonchev–Trinajstić information content (AvgIpc) is 3.59. The number of rotatable bonds is 3. The van der Waals surface area contributed by atoms with Gasteiger partial charge in [0.15, 0.2) is 0 Å². The zero-order chi connectivity index (χ0) is 37.9. The van der Waals surface area contributed by atoms with Gasteiger partial charge in [0.1, 0.15) is 11.2 Å². The number of furan rings is 1. The molecule has 0 radical (unpaired) electrons. The Morgan fingerprint density at radius 1 is 0.362 bits per heavy atom. The van der Waals surface area contributed by atoms with Gasteiger partial charge in [0.25, 0.3) is 0 Å². The lowest BCUT2D eigenvalue weighted by Gasteiger charge is -2.17. The summed E-state index contributed by atoms with van der Waals surface area (Å²) < 4.78 is 78.1. The van der Waals surface area contributed by atoms with Gasteiger partial charge in [-0.05, 0) is 107 Å². The highest BCUT2D eigenvalue weighted by Crippen LogP contribution is 2.45. The standard InChI is InChI=1S/C46H28O/c1-2-12-29(13-3-1)45-37-18-8-10-20-39(37)46(40-21-11-9-19-38(40)45)32-23-25-43-42(27-32)36-24-22-31(28-44(36)47-43)41-26-30-14-4-5-15-33(30)34-16-6-7-17-35(34)41/h1-28H/i8D,9D,10D,11D,18D,19D,20D,21D. The van der Waals surface area contributed by atoms with Gasteiger partial charge in [0.05, 0.1) is 11.0 Å². The molecule has 10 aromatic rings. The summed E-state index contributed by atoms with van der Waals surface area (Å²) in [5.41, 5.74) is 5.09. The summed E-state index contributed by atoms with van der Waals surface area (Å²) in [5.74, 6) is 0. The van der Waals surface area contributed by atoms with Crippen LogP contribution in [0.2, 0.25) is 0 Å². The molecule has 0 saturated heterocycles. The Kier molecular flexibility index (Phi) is 4.19. The molecule has 0 atom stereocenters. The molecule has 0 bridgehead atoms. The molecule has 0 aliphatic heterocycles. The van der Waals surface area contributed by atoms with Gasteiger partial charge in [-0.25, -0.2) is 0 Å². The lowest BCUT2D eigenvalue weighted by atomic mass is 9.86. The largest absolute Gasteiger partial charge is 0.456 e. The first-order valence-corrected chi connectivity index (χ1v) is 15.5. The zero-order valence-electron chi connectivity index (χ0n) is 33.0. The van der Waals surface area contributed by atoms with Gasteiger partial charge in [-0.1, -0.05) is 139 Å². The minimum Gasteiger partial charge on any atom is -0.456 e. The summed E-state index contributed by atoms with van der Waals surface area (Å²) in [7, 11) is 0. The summed E-state index contributed by atoms with van der Waals surface area (Å²) in [5, 5.41) is 6.96. The molecule has 0 saturated carbocycles. The Hall–Kier alpha value is -6.18. The molecular formula is C46H28O. The molecule has 1 aromatic heterocycles. The van der Waals surface area contributed by atoms with Gasteiger partial charge in [-0.15, -0.1) is 0 Å². The third-order valence-corrected chi connectivity index (χ3v) is 9.28. The van der Waals surface area contributed by atoms with E-state index >= 15 is 0 Å². The molecule has 0 aliphatic carbocycles. The second kappa shape index (κ2) is 10.2. The molecule has 218 valence electrons. The normalized spacial score (nSPS) is 14.2. The predicted octanol–water partition coefficient (Wildman–Crippen LogP) is 13.2. The van der Waals surface area contributed by atoms with E-state index in [1.54, 1.807) is 30.3 Å². The van der Waals surface area contributed by atoms with Gasteiger partial charge in [0, 0.05) is 10.8 Å². The van der Waals surface area contributed by atoms with E-state index in [1.165, 1.54) is 10.8 Å². The van der Waals surface area contributed by atoms with E-state index in [0.717, 1.165) is 32.7 Å². The highest BCUT2D eigenvalue weighted by molar-refractivity contribution is 6.22. The fraction of sp³-hybridized carbons (Fsp3) is 0. The van der Waals surface area contributed by atoms with Crippen LogP contribution in [0, 0.1) is 0 Å². The van der Waals surface area contributed by atoms with Crippen molar-refractivity contribution < 1.29 is 15.4 Å². The minimum atomic E-state index is -0.429. The van der Waals surface area contributed by atoms with Crippen molar-refractivity contribution in [3.05, 3.63) is 170 Å². The first-order chi connectivity index (χ1) is 26.6. The van der Waals surface area contributed by atoms with Crippen LogP contribution in [0.15, 0.2) is 174 Å². The quantitative estimate of drug-likeness (QED) is 0.144. The van der Waals surface area contributed by atoms with Gasteiger partial charge in [-0.2, -0.15) is 0 Å². The lowest BCUT2D eigenvalue weighted by Crippen LogP contribution is -1.90. The second-order valence-electron chi connectivity index (χ2n) is 11.8. The Morgan fingerprint density at radius 3 is 1.68 bits per heavy atom. The molecule has 47 heavy (non-hydrogen) atoms. The van der Waals surface area contributed by atoms with Crippen molar-refractivity contribution in [1.82, 2.24) is 0 Å². The molecule has 0 aliphatic rings. The number of hydrogen-bond acceptors (Lipinski definition) is 1. The van der Waals surface area contributed by atoms with Crippen molar-refractivity contribution in [3.8, 4) is 33.4 Å². The SMILES string of the molecule is [2H]c1c([2H])c([2H])c2c(-c3ccc4oc5cc(-c6cc7ccccc7c7ccccc67)ccc5c4c3)c3c([2H])c([2H])c([2H])c([2H])c3c(-c3ccccc3)c2c1[2H]. The maximum atomic E-state index is 9.25. The second-order valence-corrected chi connectivity index (χ2v) is 11.8. The van der Waals surface area contributed by atoms with Gasteiger partial charge in [-0.3, -0.25) is 0 Å². The van der Waals surface area contributed by atoms with Crippen LogP contribution in [0.1, 0.15) is 11.0 Å².